The van der Waals surface area contributed by atoms with Crippen LogP contribution in [0.25, 0.3) is 21.9 Å². The van der Waals surface area contributed by atoms with Gasteiger partial charge < -0.3 is 53.6 Å². The number of hydrogen-bond acceptors (Lipinski definition) is 12. The molecule has 12 nitrogen and oxygen atoms in total. The third-order valence-electron chi connectivity index (χ3n) is 6.09. The van der Waals surface area contributed by atoms with E-state index in [1.54, 1.807) is 19.9 Å². The van der Waals surface area contributed by atoms with Gasteiger partial charge in [-0.2, -0.15) is 0 Å². The summed E-state index contributed by atoms with van der Waals surface area (Å²) in [4.78, 5) is 13.7. The first-order chi connectivity index (χ1) is 18.8. The lowest BCUT2D eigenvalue weighted by Crippen LogP contribution is -2.60. The Bertz CT molecular complexity index is 1410. The van der Waals surface area contributed by atoms with Gasteiger partial charge in [0.2, 0.25) is 17.5 Å². The van der Waals surface area contributed by atoms with Crippen molar-refractivity contribution >= 4 is 21.9 Å². The van der Waals surface area contributed by atoms with Crippen molar-refractivity contribution in [2.45, 2.75) is 90.6 Å². The predicted molar refractivity (Wildman–Crippen MR) is 143 cm³/mol. The highest BCUT2D eigenvalue weighted by atomic mass is 16.7. The topological polar surface area (TPSA) is 178 Å². The van der Waals surface area contributed by atoms with Crippen molar-refractivity contribution in [1.29, 1.82) is 0 Å². The fourth-order valence-corrected chi connectivity index (χ4v) is 4.39. The average Bonchev–Trinajstić information content (AvgIpc) is 2.86. The number of phenolic OH excluding ortho intramolecular Hbond substituents is 1. The van der Waals surface area contributed by atoms with Gasteiger partial charge in [-0.25, -0.2) is 0 Å². The van der Waals surface area contributed by atoms with E-state index in [4.69, 9.17) is 28.1 Å². The molecule has 0 bridgehead atoms. The van der Waals surface area contributed by atoms with Gasteiger partial charge in [0.1, 0.15) is 41.0 Å². The maximum atomic E-state index is 13.7. The zero-order valence-electron chi connectivity index (χ0n) is 23.2. The summed E-state index contributed by atoms with van der Waals surface area (Å²) < 4.78 is 34.8. The number of aliphatic hydroxyl groups is 4. The van der Waals surface area contributed by atoms with E-state index < -0.39 is 54.6 Å². The van der Waals surface area contributed by atoms with Crippen LogP contribution in [0.5, 0.6) is 28.7 Å². The van der Waals surface area contributed by atoms with Gasteiger partial charge in [0.15, 0.2) is 23.0 Å². The summed E-state index contributed by atoms with van der Waals surface area (Å²) in [5, 5.41) is 51.4. The van der Waals surface area contributed by atoms with Crippen LogP contribution in [0.3, 0.4) is 0 Å². The minimum atomic E-state index is -1.76. The molecule has 5 atom stereocenters. The molecular formula is C28H36O12. The molecule has 0 saturated carbocycles. The van der Waals surface area contributed by atoms with Crippen LogP contribution in [0.4, 0.5) is 0 Å². The van der Waals surface area contributed by atoms with E-state index in [9.17, 15) is 30.3 Å². The summed E-state index contributed by atoms with van der Waals surface area (Å²) in [6, 6.07) is 4.39. The van der Waals surface area contributed by atoms with Crippen molar-refractivity contribution < 1.29 is 53.6 Å². The quantitative estimate of drug-likeness (QED) is 0.240. The monoisotopic (exact) mass is 564 g/mol. The molecule has 1 aliphatic heterocycles. The first-order valence-corrected chi connectivity index (χ1v) is 13.1. The molecule has 1 fully saturated rings. The first-order valence-electron chi connectivity index (χ1n) is 13.1. The zero-order valence-corrected chi connectivity index (χ0v) is 23.2. The number of aliphatic hydroxyl groups excluding tert-OH is 4. The van der Waals surface area contributed by atoms with Crippen LogP contribution in [0.2, 0.25) is 0 Å². The molecule has 5 N–H and O–H groups in total. The van der Waals surface area contributed by atoms with Crippen molar-refractivity contribution in [1.82, 2.24) is 0 Å². The molecule has 0 spiro atoms. The first kappa shape index (κ1) is 29.7. The lowest BCUT2D eigenvalue weighted by atomic mass is 9.99. The Labute approximate surface area is 230 Å². The summed E-state index contributed by atoms with van der Waals surface area (Å²) in [5.41, 5.74) is -0.435. The van der Waals surface area contributed by atoms with Gasteiger partial charge in [0, 0.05) is 12.1 Å². The lowest BCUT2D eigenvalue weighted by Gasteiger charge is -2.39. The molecule has 4 rings (SSSR count). The van der Waals surface area contributed by atoms with Gasteiger partial charge in [-0.3, -0.25) is 4.79 Å². The Morgan fingerprint density at radius 1 is 0.800 bits per heavy atom. The van der Waals surface area contributed by atoms with Crippen LogP contribution in [0.1, 0.15) is 41.5 Å². The second-order valence-electron chi connectivity index (χ2n) is 10.5. The summed E-state index contributed by atoms with van der Waals surface area (Å²) >= 11 is 0. The number of rotatable bonds is 9. The molecule has 0 amide bonds. The maximum absolute atomic E-state index is 13.7. The highest BCUT2D eigenvalue weighted by Crippen LogP contribution is 2.45. The van der Waals surface area contributed by atoms with Gasteiger partial charge in [-0.05, 0) is 47.6 Å². The van der Waals surface area contributed by atoms with Gasteiger partial charge in [0.05, 0.1) is 30.3 Å². The summed E-state index contributed by atoms with van der Waals surface area (Å²) in [6.07, 6.45) is -8.80. The van der Waals surface area contributed by atoms with Crippen LogP contribution in [0, 0.1) is 0 Å². The SMILES string of the molecule is CC(C)Oc1cc2oc3cc(OC(C)C)c(O[C@@H]4O[C@H](CO)[C@@H](O)[C@H](O)[C@H]4O)c(O)c3c(=O)c2cc1OC(C)C. The smallest absolute Gasteiger partial charge is 0.229 e. The Kier molecular flexibility index (Phi) is 8.66. The summed E-state index contributed by atoms with van der Waals surface area (Å²) in [6.45, 7) is 10.1. The molecule has 0 radical (unpaired) electrons. The summed E-state index contributed by atoms with van der Waals surface area (Å²) in [7, 11) is 0. The molecule has 1 aromatic heterocycles. The second kappa shape index (κ2) is 11.7. The molecule has 1 saturated heterocycles. The van der Waals surface area contributed by atoms with Crippen molar-refractivity contribution in [3.05, 3.63) is 28.4 Å². The summed E-state index contributed by atoms with van der Waals surface area (Å²) in [5.74, 6) is -0.368. The molecule has 0 aliphatic carbocycles. The zero-order chi connectivity index (χ0) is 29.5. The van der Waals surface area contributed by atoms with Gasteiger partial charge >= 0.3 is 0 Å². The molecule has 220 valence electrons. The van der Waals surface area contributed by atoms with E-state index in [0.29, 0.717) is 11.5 Å². The average molecular weight is 565 g/mol. The van der Waals surface area contributed by atoms with E-state index >= 15 is 0 Å². The van der Waals surface area contributed by atoms with Crippen LogP contribution in [0.15, 0.2) is 27.4 Å². The van der Waals surface area contributed by atoms with Gasteiger partial charge in [-0.15, -0.1) is 0 Å². The minimum absolute atomic E-state index is 0.0140. The van der Waals surface area contributed by atoms with E-state index in [0.717, 1.165) is 0 Å². The standard InChI is InChI=1S/C28H36O12/c1-11(2)35-16-7-14-15(8-17(16)36-12(3)4)38-18-9-19(37-13(5)6)27(24(32)21(18)22(14)30)40-28-26(34)25(33)23(31)20(10-29)39-28/h7-9,11-13,20,23,25-26,28-29,31-34H,10H2,1-6H3/t20-,23-,25+,26-,28+/m1/s1. The number of ether oxygens (including phenoxy) is 5. The maximum Gasteiger partial charge on any atom is 0.229 e. The van der Waals surface area contributed by atoms with Crippen molar-refractivity contribution in [2.24, 2.45) is 0 Å². The Balaban J connectivity index is 1.91. The number of benzene rings is 2. The van der Waals surface area contributed by atoms with E-state index in [1.807, 2.05) is 27.7 Å². The molecule has 2 aromatic carbocycles. The number of hydrogen-bond donors (Lipinski definition) is 5. The van der Waals surface area contributed by atoms with E-state index in [-0.39, 0.29) is 45.6 Å². The number of aromatic hydroxyl groups is 1. The highest BCUT2D eigenvalue weighted by molar-refractivity contribution is 5.96. The second-order valence-corrected chi connectivity index (χ2v) is 10.5. The third-order valence-corrected chi connectivity index (χ3v) is 6.09. The lowest BCUT2D eigenvalue weighted by molar-refractivity contribution is -0.277. The fourth-order valence-electron chi connectivity index (χ4n) is 4.39. The molecule has 40 heavy (non-hydrogen) atoms. The molecule has 12 heteroatoms. The third kappa shape index (κ3) is 5.77. The molecule has 1 aliphatic rings. The highest BCUT2D eigenvalue weighted by Gasteiger charge is 2.45. The molecule has 0 unspecified atom stereocenters. The fraction of sp³-hybridized carbons (Fsp3) is 0.536. The number of fused-ring (bicyclic) bond motifs is 2. The Morgan fingerprint density at radius 2 is 1.35 bits per heavy atom. The van der Waals surface area contributed by atoms with Crippen molar-refractivity contribution in [2.75, 3.05) is 6.61 Å². The van der Waals surface area contributed by atoms with Crippen LogP contribution < -0.4 is 24.4 Å². The van der Waals surface area contributed by atoms with E-state index in [2.05, 4.69) is 0 Å². The van der Waals surface area contributed by atoms with Crippen molar-refractivity contribution in [3.63, 3.8) is 0 Å². The normalized spacial score (nSPS) is 23.4. The Hall–Kier alpha value is -3.29. The van der Waals surface area contributed by atoms with Crippen molar-refractivity contribution in [3.8, 4) is 28.7 Å². The predicted octanol–water partition coefficient (Wildman–Crippen LogP) is 2.19. The van der Waals surface area contributed by atoms with Gasteiger partial charge in [0.25, 0.3) is 0 Å². The molecular weight excluding hydrogens is 528 g/mol. The van der Waals surface area contributed by atoms with Crippen LogP contribution in [-0.2, 0) is 4.74 Å². The Morgan fingerprint density at radius 3 is 1.93 bits per heavy atom. The number of phenols is 1. The molecule has 3 aromatic rings. The minimum Gasteiger partial charge on any atom is -0.504 e. The van der Waals surface area contributed by atoms with Crippen LogP contribution in [-0.4, -0.2) is 81.2 Å². The largest absolute Gasteiger partial charge is 0.504 e. The van der Waals surface area contributed by atoms with Gasteiger partial charge in [-0.1, -0.05) is 0 Å². The van der Waals surface area contributed by atoms with Crippen LogP contribution >= 0.6 is 0 Å². The van der Waals surface area contributed by atoms with E-state index in [1.165, 1.54) is 12.1 Å². The molecule has 2 heterocycles.